The third kappa shape index (κ3) is 1.58. The molecule has 16 heavy (non-hydrogen) atoms. The molecule has 0 atom stereocenters. The number of hydrogen-bond donors (Lipinski definition) is 2. The second-order valence-electron chi connectivity index (χ2n) is 4.11. The minimum Gasteiger partial charge on any atom is -0.368 e. The fourth-order valence-electron chi connectivity index (χ4n) is 2.32. The van der Waals surface area contributed by atoms with Crippen LogP contribution in [0.25, 0.3) is 10.9 Å². The molecule has 4 heteroatoms. The highest BCUT2D eigenvalue weighted by Crippen LogP contribution is 2.28. The van der Waals surface area contributed by atoms with E-state index in [0.29, 0.717) is 0 Å². The van der Waals surface area contributed by atoms with Crippen LogP contribution in [0.4, 0.5) is 5.69 Å². The first-order valence-electron chi connectivity index (χ1n) is 5.61. The minimum atomic E-state index is 1.07. The molecule has 0 saturated carbocycles. The lowest BCUT2D eigenvalue weighted by Crippen LogP contribution is -2.43. The molecule has 0 amide bonds. The van der Waals surface area contributed by atoms with Gasteiger partial charge in [0.05, 0.1) is 5.52 Å². The molecule has 1 saturated heterocycles. The van der Waals surface area contributed by atoms with E-state index in [1.807, 2.05) is 10.2 Å². The van der Waals surface area contributed by atoms with Crippen molar-refractivity contribution in [3.8, 4) is 0 Å². The zero-order valence-electron chi connectivity index (χ0n) is 9.06. The number of nitrogens with zero attached hydrogens (tertiary/aromatic N) is 2. The Morgan fingerprint density at radius 2 is 1.94 bits per heavy atom. The van der Waals surface area contributed by atoms with E-state index in [4.69, 9.17) is 0 Å². The first-order chi connectivity index (χ1) is 7.86. The largest absolute Gasteiger partial charge is 0.368 e. The van der Waals surface area contributed by atoms with Crippen molar-refractivity contribution in [2.24, 2.45) is 0 Å². The van der Waals surface area contributed by atoms with E-state index < -0.39 is 0 Å². The summed E-state index contributed by atoms with van der Waals surface area (Å²) in [6, 6.07) is 8.54. The Balaban J connectivity index is 2.08. The topological polar surface area (TPSA) is 20.2 Å². The van der Waals surface area contributed by atoms with Crippen LogP contribution in [0.3, 0.4) is 0 Å². The van der Waals surface area contributed by atoms with E-state index >= 15 is 0 Å². The molecule has 3 rings (SSSR count). The highest BCUT2D eigenvalue weighted by atomic mass is 32.1. The second-order valence-corrected chi connectivity index (χ2v) is 4.54. The van der Waals surface area contributed by atoms with Crippen LogP contribution in [-0.2, 0) is 0 Å². The third-order valence-corrected chi connectivity index (χ3v) is 3.50. The van der Waals surface area contributed by atoms with Crippen LogP contribution in [0.1, 0.15) is 0 Å². The molecule has 1 aromatic heterocycles. The second kappa shape index (κ2) is 4.03. The molecule has 1 fully saturated rings. The van der Waals surface area contributed by atoms with Gasteiger partial charge in [-0.15, -0.1) is 0 Å². The fourth-order valence-corrected chi connectivity index (χ4v) is 2.56. The number of aromatic nitrogens is 1. The summed E-state index contributed by atoms with van der Waals surface area (Å²) in [7, 11) is 0. The van der Waals surface area contributed by atoms with Gasteiger partial charge in [0.15, 0.2) is 0 Å². The Bertz CT molecular complexity index is 500. The maximum atomic E-state index is 4.40. The third-order valence-electron chi connectivity index (χ3n) is 3.15. The fraction of sp³-hybridized carbons (Fsp3) is 0.333. The molecule has 0 bridgehead atoms. The number of thiol groups is 1. The van der Waals surface area contributed by atoms with Gasteiger partial charge in [0.1, 0.15) is 0 Å². The number of anilines is 1. The number of benzene rings is 1. The SMILES string of the molecule is Sn1ccc2c(N3CCNCC3)cccc21. The van der Waals surface area contributed by atoms with E-state index in [-0.39, 0.29) is 0 Å². The van der Waals surface area contributed by atoms with Gasteiger partial charge >= 0.3 is 0 Å². The van der Waals surface area contributed by atoms with E-state index in [0.717, 1.165) is 26.2 Å². The normalized spacial score (nSPS) is 16.9. The van der Waals surface area contributed by atoms with Crippen molar-refractivity contribution in [3.05, 3.63) is 30.5 Å². The minimum absolute atomic E-state index is 1.07. The van der Waals surface area contributed by atoms with Crippen LogP contribution in [-0.4, -0.2) is 30.2 Å². The summed E-state index contributed by atoms with van der Waals surface area (Å²) in [6.45, 7) is 4.30. The lowest BCUT2D eigenvalue weighted by atomic mass is 10.2. The highest BCUT2D eigenvalue weighted by molar-refractivity contribution is 7.78. The van der Waals surface area contributed by atoms with Crippen LogP contribution >= 0.6 is 12.8 Å². The van der Waals surface area contributed by atoms with Crippen LogP contribution in [0, 0.1) is 0 Å². The zero-order chi connectivity index (χ0) is 11.0. The van der Waals surface area contributed by atoms with Crippen molar-refractivity contribution in [2.75, 3.05) is 31.1 Å². The highest BCUT2D eigenvalue weighted by Gasteiger charge is 2.13. The number of nitrogens with one attached hydrogen (secondary N) is 1. The van der Waals surface area contributed by atoms with Gasteiger partial charge in [-0.2, -0.15) is 0 Å². The number of piperazine rings is 1. The smallest absolute Gasteiger partial charge is 0.0609 e. The van der Waals surface area contributed by atoms with E-state index in [1.54, 1.807) is 0 Å². The Labute approximate surface area is 101 Å². The van der Waals surface area contributed by atoms with Crippen LogP contribution < -0.4 is 10.2 Å². The Hall–Kier alpha value is -1.13. The Morgan fingerprint density at radius 3 is 2.75 bits per heavy atom. The summed E-state index contributed by atoms with van der Waals surface area (Å²) in [5, 5.41) is 4.67. The average molecular weight is 233 g/mol. The van der Waals surface area contributed by atoms with Gasteiger partial charge in [-0.05, 0) is 18.2 Å². The molecule has 1 N–H and O–H groups in total. The number of rotatable bonds is 1. The van der Waals surface area contributed by atoms with E-state index in [9.17, 15) is 0 Å². The first kappa shape index (κ1) is 10.1. The molecule has 0 radical (unpaired) electrons. The molecule has 2 aromatic rings. The first-order valence-corrected chi connectivity index (χ1v) is 6.01. The summed E-state index contributed by atoms with van der Waals surface area (Å²) in [4.78, 5) is 2.44. The molecule has 0 aliphatic carbocycles. The van der Waals surface area contributed by atoms with Gasteiger partial charge in [0, 0.05) is 43.4 Å². The number of hydrogen-bond acceptors (Lipinski definition) is 3. The molecule has 1 aliphatic heterocycles. The monoisotopic (exact) mass is 233 g/mol. The summed E-state index contributed by atoms with van der Waals surface area (Å²) >= 11 is 4.40. The summed E-state index contributed by atoms with van der Waals surface area (Å²) in [5.74, 6) is 0. The quantitative estimate of drug-likeness (QED) is 0.732. The molecule has 1 aliphatic rings. The van der Waals surface area contributed by atoms with Gasteiger partial charge in [-0.25, -0.2) is 0 Å². The van der Waals surface area contributed by atoms with Crippen LogP contribution in [0.2, 0.25) is 0 Å². The van der Waals surface area contributed by atoms with Crippen LogP contribution in [0.5, 0.6) is 0 Å². The van der Waals surface area contributed by atoms with Crippen molar-refractivity contribution in [2.45, 2.75) is 0 Å². The maximum absolute atomic E-state index is 4.40. The van der Waals surface area contributed by atoms with Crippen molar-refractivity contribution in [1.82, 2.24) is 9.29 Å². The predicted molar refractivity (Wildman–Crippen MR) is 71.4 cm³/mol. The van der Waals surface area contributed by atoms with Gasteiger partial charge in [0.25, 0.3) is 0 Å². The van der Waals surface area contributed by atoms with Gasteiger partial charge in [-0.3, -0.25) is 3.97 Å². The van der Waals surface area contributed by atoms with Gasteiger partial charge in [-0.1, -0.05) is 18.9 Å². The summed E-state index contributed by atoms with van der Waals surface area (Å²) < 4.78 is 1.88. The van der Waals surface area contributed by atoms with Crippen molar-refractivity contribution < 1.29 is 0 Å². The van der Waals surface area contributed by atoms with Crippen molar-refractivity contribution in [1.29, 1.82) is 0 Å². The Kier molecular flexibility index (Phi) is 2.53. The molecule has 2 heterocycles. The predicted octanol–water partition coefficient (Wildman–Crippen LogP) is 1.74. The van der Waals surface area contributed by atoms with Crippen molar-refractivity contribution in [3.63, 3.8) is 0 Å². The molecular formula is C12H15N3S. The van der Waals surface area contributed by atoms with Gasteiger partial charge in [0.2, 0.25) is 0 Å². The zero-order valence-corrected chi connectivity index (χ0v) is 9.95. The lowest BCUT2D eigenvalue weighted by Gasteiger charge is -2.30. The molecule has 84 valence electrons. The van der Waals surface area contributed by atoms with Crippen LogP contribution in [0.15, 0.2) is 30.5 Å². The molecule has 1 aromatic carbocycles. The summed E-state index contributed by atoms with van der Waals surface area (Å²) in [6.07, 6.45) is 2.00. The standard InChI is InChI=1S/C12H15N3S/c16-15-7-4-10-11(2-1-3-12(10)15)14-8-5-13-6-9-14/h1-4,7,13,16H,5-6,8-9H2. The summed E-state index contributed by atoms with van der Waals surface area (Å²) in [5.41, 5.74) is 2.51. The van der Waals surface area contributed by atoms with E-state index in [1.165, 1.54) is 16.6 Å². The number of fused-ring (bicyclic) bond motifs is 1. The molecular weight excluding hydrogens is 218 g/mol. The lowest BCUT2D eigenvalue weighted by molar-refractivity contribution is 0.590. The molecule has 0 unspecified atom stereocenters. The van der Waals surface area contributed by atoms with Crippen molar-refractivity contribution >= 4 is 29.4 Å². The average Bonchev–Trinajstić information content (AvgIpc) is 2.73. The van der Waals surface area contributed by atoms with E-state index in [2.05, 4.69) is 47.3 Å². The molecule has 3 nitrogen and oxygen atoms in total. The Morgan fingerprint density at radius 1 is 1.12 bits per heavy atom. The molecule has 0 spiro atoms. The van der Waals surface area contributed by atoms with Gasteiger partial charge < -0.3 is 10.2 Å². The maximum Gasteiger partial charge on any atom is 0.0609 e.